The molecule has 26 heavy (non-hydrogen) atoms. The van der Waals surface area contributed by atoms with E-state index < -0.39 is 5.82 Å². The van der Waals surface area contributed by atoms with Crippen LogP contribution in [0, 0.1) is 12.7 Å². The molecule has 0 saturated carbocycles. The van der Waals surface area contributed by atoms with Crippen LogP contribution in [0.25, 0.3) is 5.69 Å². The number of benzene rings is 2. The second-order valence-corrected chi connectivity index (χ2v) is 6.73. The van der Waals surface area contributed by atoms with Crippen LogP contribution in [-0.4, -0.2) is 26.4 Å². The van der Waals surface area contributed by atoms with E-state index in [9.17, 15) is 9.18 Å². The van der Waals surface area contributed by atoms with Crippen molar-refractivity contribution in [1.82, 2.24) is 14.8 Å². The predicted octanol–water partition coefficient (Wildman–Crippen LogP) is 4.01. The normalized spacial score (nSPS) is 10.7. The van der Waals surface area contributed by atoms with Crippen molar-refractivity contribution in [1.29, 1.82) is 0 Å². The molecule has 134 valence electrons. The zero-order valence-electron chi connectivity index (χ0n) is 14.6. The molecule has 0 fully saturated rings. The Morgan fingerprint density at radius 3 is 2.85 bits per heavy atom. The molecule has 1 amide bonds. The summed E-state index contributed by atoms with van der Waals surface area (Å²) in [5.74, 6) is -0.625. The highest BCUT2D eigenvalue weighted by Crippen LogP contribution is 2.23. The molecule has 2 aromatic carbocycles. The third kappa shape index (κ3) is 4.11. The van der Waals surface area contributed by atoms with E-state index in [2.05, 4.69) is 28.5 Å². The number of aromatic nitrogens is 3. The van der Waals surface area contributed by atoms with Crippen molar-refractivity contribution in [2.75, 3.05) is 11.1 Å². The number of carbonyl (C=O) groups is 1. The molecule has 0 aliphatic rings. The molecule has 1 heterocycles. The molecule has 0 unspecified atom stereocenters. The van der Waals surface area contributed by atoms with Crippen molar-refractivity contribution in [3.8, 4) is 5.69 Å². The highest BCUT2D eigenvalue weighted by molar-refractivity contribution is 7.99. The summed E-state index contributed by atoms with van der Waals surface area (Å²) in [5, 5.41) is 11.3. The van der Waals surface area contributed by atoms with Crippen LogP contribution < -0.4 is 5.32 Å². The molecule has 3 rings (SSSR count). The minimum Gasteiger partial charge on any atom is -0.323 e. The van der Waals surface area contributed by atoms with Crippen LogP contribution in [-0.2, 0) is 11.2 Å². The van der Waals surface area contributed by atoms with Gasteiger partial charge in [-0.25, -0.2) is 4.39 Å². The van der Waals surface area contributed by atoms with E-state index >= 15 is 0 Å². The third-order valence-corrected chi connectivity index (χ3v) is 4.82. The van der Waals surface area contributed by atoms with Crippen LogP contribution in [0.3, 0.4) is 0 Å². The number of anilines is 1. The summed E-state index contributed by atoms with van der Waals surface area (Å²) >= 11 is 1.26. The quantitative estimate of drug-likeness (QED) is 0.666. The van der Waals surface area contributed by atoms with Gasteiger partial charge in [-0.05, 0) is 42.7 Å². The fourth-order valence-electron chi connectivity index (χ4n) is 2.57. The van der Waals surface area contributed by atoms with Crippen molar-refractivity contribution >= 4 is 23.4 Å². The molecule has 0 saturated heterocycles. The van der Waals surface area contributed by atoms with E-state index in [-0.39, 0.29) is 17.3 Å². The average molecular weight is 370 g/mol. The van der Waals surface area contributed by atoms with Gasteiger partial charge in [-0.3, -0.25) is 9.36 Å². The van der Waals surface area contributed by atoms with E-state index in [1.54, 1.807) is 25.4 Å². The van der Waals surface area contributed by atoms with Crippen LogP contribution in [0.2, 0.25) is 0 Å². The van der Waals surface area contributed by atoms with Crippen LogP contribution in [0.4, 0.5) is 10.1 Å². The Morgan fingerprint density at radius 2 is 2.08 bits per heavy atom. The standard InChI is InChI=1S/C19H19FN4OS/c1-3-14-6-4-5-7-17(14)24-12-21-23-19(24)26-11-18(25)22-16-9-8-13(2)10-15(16)20/h4-10,12H,3,11H2,1-2H3,(H,22,25). The summed E-state index contributed by atoms with van der Waals surface area (Å²) in [6, 6.07) is 12.7. The second kappa shape index (κ2) is 8.14. The van der Waals surface area contributed by atoms with Crippen molar-refractivity contribution in [2.45, 2.75) is 25.4 Å². The van der Waals surface area contributed by atoms with Gasteiger partial charge in [-0.15, -0.1) is 10.2 Å². The molecule has 0 spiro atoms. The fraction of sp³-hybridized carbons (Fsp3) is 0.211. The number of nitrogens with zero attached hydrogens (tertiary/aromatic N) is 3. The zero-order valence-corrected chi connectivity index (χ0v) is 15.4. The van der Waals surface area contributed by atoms with Crippen LogP contribution >= 0.6 is 11.8 Å². The summed E-state index contributed by atoms with van der Waals surface area (Å²) < 4.78 is 15.7. The Bertz CT molecular complexity index is 925. The van der Waals surface area contributed by atoms with Crippen molar-refractivity contribution in [3.63, 3.8) is 0 Å². The number of aryl methyl sites for hydroxylation is 2. The maximum Gasteiger partial charge on any atom is 0.234 e. The Hall–Kier alpha value is -2.67. The van der Waals surface area contributed by atoms with Crippen molar-refractivity contribution in [3.05, 3.63) is 65.7 Å². The minimum atomic E-state index is -0.441. The summed E-state index contributed by atoms with van der Waals surface area (Å²) in [6.07, 6.45) is 2.51. The lowest BCUT2D eigenvalue weighted by atomic mass is 10.1. The maximum absolute atomic E-state index is 13.8. The minimum absolute atomic E-state index is 0.111. The Balaban J connectivity index is 1.69. The highest BCUT2D eigenvalue weighted by Gasteiger charge is 2.13. The molecule has 0 bridgehead atoms. The maximum atomic E-state index is 13.8. The number of nitrogens with one attached hydrogen (secondary N) is 1. The molecule has 1 aromatic heterocycles. The Kier molecular flexibility index (Phi) is 5.68. The molecule has 7 heteroatoms. The number of hydrogen-bond acceptors (Lipinski definition) is 4. The molecule has 0 aliphatic carbocycles. The second-order valence-electron chi connectivity index (χ2n) is 5.79. The number of carbonyl (C=O) groups excluding carboxylic acids is 1. The average Bonchev–Trinajstić information content (AvgIpc) is 3.10. The highest BCUT2D eigenvalue weighted by atomic mass is 32.2. The SMILES string of the molecule is CCc1ccccc1-n1cnnc1SCC(=O)Nc1ccc(C)cc1F. The number of para-hydroxylation sites is 1. The first-order valence-electron chi connectivity index (χ1n) is 8.25. The first-order valence-corrected chi connectivity index (χ1v) is 9.24. The van der Waals surface area contributed by atoms with E-state index in [0.29, 0.717) is 5.16 Å². The van der Waals surface area contributed by atoms with Gasteiger partial charge in [0.25, 0.3) is 0 Å². The lowest BCUT2D eigenvalue weighted by Crippen LogP contribution is -2.15. The van der Waals surface area contributed by atoms with E-state index in [0.717, 1.165) is 17.7 Å². The Labute approximate surface area is 155 Å². The summed E-state index contributed by atoms with van der Waals surface area (Å²) in [4.78, 5) is 12.2. The molecular weight excluding hydrogens is 351 g/mol. The smallest absolute Gasteiger partial charge is 0.234 e. The summed E-state index contributed by atoms with van der Waals surface area (Å²) in [6.45, 7) is 3.88. The van der Waals surface area contributed by atoms with Gasteiger partial charge in [0.05, 0.1) is 17.1 Å². The predicted molar refractivity (Wildman–Crippen MR) is 101 cm³/mol. The van der Waals surface area contributed by atoms with E-state index in [1.165, 1.54) is 23.4 Å². The lowest BCUT2D eigenvalue weighted by Gasteiger charge is -2.11. The van der Waals surface area contributed by atoms with E-state index in [1.807, 2.05) is 22.8 Å². The summed E-state index contributed by atoms with van der Waals surface area (Å²) in [5.41, 5.74) is 3.14. The largest absolute Gasteiger partial charge is 0.323 e. The monoisotopic (exact) mass is 370 g/mol. The first-order chi connectivity index (χ1) is 12.6. The molecule has 5 nitrogen and oxygen atoms in total. The van der Waals surface area contributed by atoms with Gasteiger partial charge in [-0.1, -0.05) is 43.0 Å². The molecule has 0 aliphatic heterocycles. The van der Waals surface area contributed by atoms with Gasteiger partial charge in [0.1, 0.15) is 12.1 Å². The third-order valence-electron chi connectivity index (χ3n) is 3.88. The molecule has 0 atom stereocenters. The van der Waals surface area contributed by atoms with Crippen molar-refractivity contribution < 1.29 is 9.18 Å². The number of amides is 1. The van der Waals surface area contributed by atoms with Gasteiger partial charge in [-0.2, -0.15) is 0 Å². The summed E-state index contributed by atoms with van der Waals surface area (Å²) in [7, 11) is 0. The zero-order chi connectivity index (χ0) is 18.5. The number of thioether (sulfide) groups is 1. The first kappa shape index (κ1) is 18.1. The van der Waals surface area contributed by atoms with Crippen LogP contribution in [0.1, 0.15) is 18.1 Å². The molecule has 0 radical (unpaired) electrons. The van der Waals surface area contributed by atoms with Crippen LogP contribution in [0.5, 0.6) is 0 Å². The molecular formula is C19H19FN4OS. The van der Waals surface area contributed by atoms with Gasteiger partial charge >= 0.3 is 0 Å². The number of halogens is 1. The van der Waals surface area contributed by atoms with Gasteiger partial charge < -0.3 is 5.32 Å². The fourth-order valence-corrected chi connectivity index (χ4v) is 3.29. The topological polar surface area (TPSA) is 59.8 Å². The number of hydrogen-bond donors (Lipinski definition) is 1. The van der Waals surface area contributed by atoms with Crippen LogP contribution in [0.15, 0.2) is 53.9 Å². The number of rotatable bonds is 6. The van der Waals surface area contributed by atoms with Gasteiger partial charge in [0.2, 0.25) is 5.91 Å². The molecule has 3 aromatic rings. The lowest BCUT2D eigenvalue weighted by molar-refractivity contribution is -0.113. The van der Waals surface area contributed by atoms with Gasteiger partial charge in [0.15, 0.2) is 5.16 Å². The molecule has 1 N–H and O–H groups in total. The van der Waals surface area contributed by atoms with Crippen molar-refractivity contribution in [2.24, 2.45) is 0 Å². The van der Waals surface area contributed by atoms with Gasteiger partial charge in [0, 0.05) is 0 Å². The Morgan fingerprint density at radius 1 is 1.27 bits per heavy atom. The van der Waals surface area contributed by atoms with E-state index in [4.69, 9.17) is 0 Å².